The second-order valence-corrected chi connectivity index (χ2v) is 8.86. The molecule has 0 bridgehead atoms. The van der Waals surface area contributed by atoms with E-state index < -0.39 is 0 Å². The van der Waals surface area contributed by atoms with E-state index in [1.165, 1.54) is 19.3 Å². The number of anilines is 1. The highest BCUT2D eigenvalue weighted by atomic mass is 35.5. The molecule has 3 aromatic rings. The minimum Gasteiger partial charge on any atom is -0.308 e. The number of rotatable bonds is 7. The Balaban J connectivity index is 0.00000306. The standard InChI is InChI=1S/C25H28ClN5O.ClH/c1-2-3-4-11-31-12-9-18(10-13-31)25(32)28-24-21-15-19(6-8-23(21)29-30-24)20-14-17(16-27)5-7-22(20)26;/h5-8,14-15,18H,2-4,9-13H2,1H3,(H2,28,29,30,32);1H. The van der Waals surface area contributed by atoms with Gasteiger partial charge in [-0.3, -0.25) is 9.89 Å². The van der Waals surface area contributed by atoms with E-state index in [1.807, 2.05) is 18.2 Å². The number of fused-ring (bicyclic) bond motifs is 1. The number of nitrogens with one attached hydrogen (secondary N) is 2. The number of benzene rings is 2. The lowest BCUT2D eigenvalue weighted by molar-refractivity contribution is -0.121. The molecule has 0 unspecified atom stereocenters. The summed E-state index contributed by atoms with van der Waals surface area (Å²) in [5.74, 6) is 0.570. The highest BCUT2D eigenvalue weighted by molar-refractivity contribution is 6.33. The average Bonchev–Trinajstić information content (AvgIpc) is 3.22. The van der Waals surface area contributed by atoms with Gasteiger partial charge >= 0.3 is 0 Å². The fourth-order valence-electron chi connectivity index (χ4n) is 4.32. The molecule has 2 heterocycles. The highest BCUT2D eigenvalue weighted by Gasteiger charge is 2.25. The maximum absolute atomic E-state index is 12.9. The second-order valence-electron chi connectivity index (χ2n) is 8.45. The first-order valence-electron chi connectivity index (χ1n) is 11.3. The van der Waals surface area contributed by atoms with Gasteiger partial charge in [-0.25, -0.2) is 0 Å². The monoisotopic (exact) mass is 485 g/mol. The molecule has 1 fully saturated rings. The molecule has 1 amide bonds. The number of piperidine rings is 1. The molecule has 8 heteroatoms. The average molecular weight is 486 g/mol. The lowest BCUT2D eigenvalue weighted by Crippen LogP contribution is -2.38. The van der Waals surface area contributed by atoms with Crippen molar-refractivity contribution in [3.8, 4) is 17.2 Å². The number of hydrogen-bond donors (Lipinski definition) is 2. The molecular formula is C25H29Cl2N5O. The number of aromatic amines is 1. The number of hydrogen-bond acceptors (Lipinski definition) is 4. The molecule has 0 saturated carbocycles. The topological polar surface area (TPSA) is 84.8 Å². The van der Waals surface area contributed by atoms with Gasteiger partial charge in [0.15, 0.2) is 5.82 Å². The summed E-state index contributed by atoms with van der Waals surface area (Å²) in [6.07, 6.45) is 5.48. The maximum atomic E-state index is 12.9. The van der Waals surface area contributed by atoms with Gasteiger partial charge in [-0.1, -0.05) is 37.4 Å². The Labute approximate surface area is 205 Å². The Morgan fingerprint density at radius 1 is 1.24 bits per heavy atom. The van der Waals surface area contributed by atoms with Crippen molar-refractivity contribution >= 4 is 46.6 Å². The van der Waals surface area contributed by atoms with Crippen LogP contribution in [-0.4, -0.2) is 40.6 Å². The summed E-state index contributed by atoms with van der Waals surface area (Å²) in [5.41, 5.74) is 3.03. The summed E-state index contributed by atoms with van der Waals surface area (Å²) >= 11 is 6.38. The summed E-state index contributed by atoms with van der Waals surface area (Å²) in [6, 6.07) is 13.1. The van der Waals surface area contributed by atoms with Crippen LogP contribution in [0.25, 0.3) is 22.0 Å². The van der Waals surface area contributed by atoms with E-state index in [0.717, 1.165) is 54.5 Å². The Hall–Kier alpha value is -2.59. The number of amides is 1. The largest absolute Gasteiger partial charge is 0.308 e. The van der Waals surface area contributed by atoms with Crippen LogP contribution in [0.15, 0.2) is 36.4 Å². The fraction of sp³-hybridized carbons (Fsp3) is 0.400. The molecule has 0 spiro atoms. The van der Waals surface area contributed by atoms with Crippen LogP contribution in [-0.2, 0) is 4.79 Å². The predicted octanol–water partition coefficient (Wildman–Crippen LogP) is 6.02. The number of unbranched alkanes of at least 4 members (excludes halogenated alkanes) is 2. The summed E-state index contributed by atoms with van der Waals surface area (Å²) in [7, 11) is 0. The first kappa shape index (κ1) is 25.0. The van der Waals surface area contributed by atoms with Crippen LogP contribution in [0, 0.1) is 17.2 Å². The zero-order valence-corrected chi connectivity index (χ0v) is 20.3. The molecule has 4 rings (SSSR count). The summed E-state index contributed by atoms with van der Waals surface area (Å²) < 4.78 is 0. The minimum atomic E-state index is 0. The molecule has 0 aliphatic carbocycles. The van der Waals surface area contributed by atoms with Gasteiger partial charge in [-0.15, -0.1) is 12.4 Å². The molecule has 6 nitrogen and oxygen atoms in total. The smallest absolute Gasteiger partial charge is 0.228 e. The Morgan fingerprint density at radius 3 is 2.76 bits per heavy atom. The van der Waals surface area contributed by atoms with Crippen molar-refractivity contribution in [1.29, 1.82) is 5.26 Å². The number of H-pyrrole nitrogens is 1. The van der Waals surface area contributed by atoms with Crippen LogP contribution in [0.5, 0.6) is 0 Å². The van der Waals surface area contributed by atoms with Gasteiger partial charge in [0.25, 0.3) is 0 Å². The van der Waals surface area contributed by atoms with Crippen LogP contribution in [0.2, 0.25) is 5.02 Å². The molecule has 2 aromatic carbocycles. The lowest BCUT2D eigenvalue weighted by atomic mass is 9.95. The minimum absolute atomic E-state index is 0. The van der Waals surface area contributed by atoms with E-state index in [0.29, 0.717) is 16.4 Å². The lowest BCUT2D eigenvalue weighted by Gasteiger charge is -2.31. The van der Waals surface area contributed by atoms with Crippen molar-refractivity contribution in [2.45, 2.75) is 39.0 Å². The molecule has 1 aliphatic heterocycles. The Kier molecular flexibility index (Phi) is 8.74. The van der Waals surface area contributed by atoms with Gasteiger partial charge in [0.1, 0.15) is 0 Å². The number of nitriles is 1. The van der Waals surface area contributed by atoms with E-state index in [2.05, 4.69) is 33.4 Å². The molecule has 1 aliphatic rings. The molecule has 2 N–H and O–H groups in total. The van der Waals surface area contributed by atoms with Crippen molar-refractivity contribution in [3.63, 3.8) is 0 Å². The van der Waals surface area contributed by atoms with E-state index in [1.54, 1.807) is 18.2 Å². The third-order valence-electron chi connectivity index (χ3n) is 6.25. The van der Waals surface area contributed by atoms with E-state index >= 15 is 0 Å². The highest BCUT2D eigenvalue weighted by Crippen LogP contribution is 2.33. The third kappa shape index (κ3) is 5.86. The molecule has 174 valence electrons. The molecule has 33 heavy (non-hydrogen) atoms. The number of aromatic nitrogens is 2. The van der Waals surface area contributed by atoms with Crippen LogP contribution in [0.3, 0.4) is 0 Å². The van der Waals surface area contributed by atoms with Gasteiger partial charge in [0, 0.05) is 21.9 Å². The fourth-order valence-corrected chi connectivity index (χ4v) is 4.54. The first-order chi connectivity index (χ1) is 15.6. The van der Waals surface area contributed by atoms with E-state index in [-0.39, 0.29) is 24.2 Å². The number of carbonyl (C=O) groups excluding carboxylic acids is 1. The van der Waals surface area contributed by atoms with Crippen molar-refractivity contribution in [3.05, 3.63) is 47.0 Å². The second kappa shape index (κ2) is 11.5. The SMILES string of the molecule is CCCCCN1CCC(C(=O)Nc2n[nH]c3ccc(-c4cc(C#N)ccc4Cl)cc23)CC1.Cl. The summed E-state index contributed by atoms with van der Waals surface area (Å²) in [6.45, 7) is 5.29. The quantitative estimate of drug-likeness (QED) is 0.400. The van der Waals surface area contributed by atoms with Crippen molar-refractivity contribution in [2.24, 2.45) is 5.92 Å². The van der Waals surface area contributed by atoms with Gasteiger partial charge in [-0.05, 0) is 74.8 Å². The zero-order valence-electron chi connectivity index (χ0n) is 18.7. The van der Waals surface area contributed by atoms with Crippen molar-refractivity contribution in [1.82, 2.24) is 15.1 Å². The predicted molar refractivity (Wildman–Crippen MR) is 136 cm³/mol. The van der Waals surface area contributed by atoms with Gasteiger partial charge in [0.2, 0.25) is 5.91 Å². The zero-order chi connectivity index (χ0) is 22.5. The summed E-state index contributed by atoms with van der Waals surface area (Å²) in [4.78, 5) is 15.4. The maximum Gasteiger partial charge on any atom is 0.228 e. The van der Waals surface area contributed by atoms with E-state index in [9.17, 15) is 10.1 Å². The molecule has 1 aromatic heterocycles. The normalized spacial score (nSPS) is 14.6. The molecule has 0 radical (unpaired) electrons. The number of likely N-dealkylation sites (tertiary alicyclic amines) is 1. The molecular weight excluding hydrogens is 457 g/mol. The van der Waals surface area contributed by atoms with Gasteiger partial charge in [-0.2, -0.15) is 10.4 Å². The van der Waals surface area contributed by atoms with E-state index in [4.69, 9.17) is 11.6 Å². The number of nitrogens with zero attached hydrogens (tertiary/aromatic N) is 3. The van der Waals surface area contributed by atoms with Crippen molar-refractivity contribution in [2.75, 3.05) is 25.0 Å². The van der Waals surface area contributed by atoms with Crippen molar-refractivity contribution < 1.29 is 4.79 Å². The molecule has 1 saturated heterocycles. The Morgan fingerprint density at radius 2 is 2.03 bits per heavy atom. The van der Waals surface area contributed by atoms with Crippen LogP contribution < -0.4 is 5.32 Å². The number of carbonyl (C=O) groups is 1. The third-order valence-corrected chi connectivity index (χ3v) is 6.58. The van der Waals surface area contributed by atoms with Gasteiger partial charge < -0.3 is 10.2 Å². The first-order valence-corrected chi connectivity index (χ1v) is 11.7. The van der Waals surface area contributed by atoms with Crippen LogP contribution in [0.4, 0.5) is 5.82 Å². The molecule has 0 atom stereocenters. The van der Waals surface area contributed by atoms with Gasteiger partial charge in [0.05, 0.1) is 17.1 Å². The summed E-state index contributed by atoms with van der Waals surface area (Å²) in [5, 5.41) is 21.0. The van der Waals surface area contributed by atoms with Crippen LogP contribution >= 0.6 is 24.0 Å². The number of halogens is 2. The van der Waals surface area contributed by atoms with Crippen LogP contribution in [0.1, 0.15) is 44.6 Å². The Bertz CT molecular complexity index is 1150.